The third-order valence-electron chi connectivity index (χ3n) is 22.9. The fourth-order valence-electron chi connectivity index (χ4n) is 15.7. The number of anilines is 6. The number of nitrogens with zero attached hydrogens (tertiary/aromatic N) is 6. The fourth-order valence-corrected chi connectivity index (χ4v) is 18.9. The number of ether oxygens (including phenoxy) is 2. The second-order valence-corrected chi connectivity index (χ2v) is 43.1. The van der Waals surface area contributed by atoms with Crippen LogP contribution in [0.5, 0.6) is 0 Å². The molecule has 7 aliphatic rings. The van der Waals surface area contributed by atoms with E-state index in [1.54, 1.807) is 65.8 Å². The first-order valence-corrected chi connectivity index (χ1v) is 50.1. The molecule has 4 unspecified atom stereocenters. The summed E-state index contributed by atoms with van der Waals surface area (Å²) in [6, 6.07) is 11.5. The Morgan fingerprint density at radius 3 is 1.12 bits per heavy atom. The summed E-state index contributed by atoms with van der Waals surface area (Å²) in [4.78, 5) is 168. The number of thiazole rings is 4. The van der Waals surface area contributed by atoms with Gasteiger partial charge in [0.15, 0.2) is 20.5 Å². The predicted octanol–water partition coefficient (Wildman–Crippen LogP) is 18.9. The maximum atomic E-state index is 13.4. The Morgan fingerprint density at radius 1 is 0.430 bits per heavy atom. The van der Waals surface area contributed by atoms with Crippen molar-refractivity contribution in [3.63, 3.8) is 0 Å². The van der Waals surface area contributed by atoms with E-state index in [1.807, 2.05) is 0 Å². The number of hydrogen-bond acceptors (Lipinski definition) is 26. The summed E-state index contributed by atoms with van der Waals surface area (Å²) >= 11 is 28.0. The number of halogens is 4. The number of hydrogen-bond donors (Lipinski definition) is 14. The molecule has 15 rings (SSSR count). The third kappa shape index (κ3) is 37.6. The van der Waals surface area contributed by atoms with Gasteiger partial charge in [-0.3, -0.25) is 42.9 Å². The van der Waals surface area contributed by atoms with Crippen LogP contribution in [0.3, 0.4) is 0 Å². The largest absolute Gasteiger partial charge is 0.480 e. The summed E-state index contributed by atoms with van der Waals surface area (Å²) in [5, 5.41) is 45.1. The van der Waals surface area contributed by atoms with E-state index in [0.29, 0.717) is 115 Å². The maximum Gasteiger partial charge on any atom is 0.408 e. The number of nitrogens with two attached hydrogens (primary N) is 3. The van der Waals surface area contributed by atoms with Crippen LogP contribution in [0.4, 0.5) is 41.5 Å². The zero-order chi connectivity index (χ0) is 96.9. The van der Waals surface area contributed by atoms with E-state index < -0.39 is 65.4 Å². The van der Waals surface area contributed by atoms with Crippen LogP contribution in [0.2, 0.25) is 17.3 Å². The quantitative estimate of drug-likeness (QED) is 0.0213. The topological polar surface area (TPSA) is 519 Å². The van der Waals surface area contributed by atoms with E-state index in [9.17, 15) is 62.6 Å². The minimum atomic E-state index is -1.09. The Labute approximate surface area is 821 Å². The van der Waals surface area contributed by atoms with Gasteiger partial charge in [-0.2, -0.15) is 0 Å². The fraction of sp³-hybridized carbons (Fsp3) is 0.538. The number of amides is 9. The van der Waals surface area contributed by atoms with Crippen molar-refractivity contribution in [2.75, 3.05) is 33.2 Å². The van der Waals surface area contributed by atoms with Gasteiger partial charge in [-0.15, -0.1) is 0 Å². The number of benzene rings is 3. The van der Waals surface area contributed by atoms with Crippen LogP contribution in [0.25, 0.3) is 10.9 Å². The molecule has 0 saturated heterocycles. The molecule has 0 bridgehead atoms. The number of aromatic nitrogens is 6. The van der Waals surface area contributed by atoms with Crippen molar-refractivity contribution >= 4 is 200 Å². The van der Waals surface area contributed by atoms with E-state index in [-0.39, 0.29) is 89.1 Å². The van der Waals surface area contributed by atoms with Gasteiger partial charge in [0.25, 0.3) is 29.2 Å². The lowest BCUT2D eigenvalue weighted by atomic mass is 9.84. The molecule has 135 heavy (non-hydrogen) atoms. The highest BCUT2D eigenvalue weighted by atomic mass is 35.5. The van der Waals surface area contributed by atoms with Crippen LogP contribution in [0.15, 0.2) is 90.5 Å². The van der Waals surface area contributed by atoms with Gasteiger partial charge < -0.3 is 84.7 Å². The van der Waals surface area contributed by atoms with Gasteiger partial charge in [-0.1, -0.05) is 228 Å². The number of carboxylic acids is 2. The van der Waals surface area contributed by atoms with Crippen molar-refractivity contribution in [1.82, 2.24) is 61.4 Å². The molecule has 5 heterocycles. The molecule has 0 spiro atoms. The third-order valence-corrected chi connectivity index (χ3v) is 27.0. The summed E-state index contributed by atoms with van der Waals surface area (Å²) in [6.45, 7) is 10.6. The highest BCUT2D eigenvalue weighted by Gasteiger charge is 2.35. The number of nitrogen functional groups attached to an aromatic ring is 3. The lowest BCUT2D eigenvalue weighted by Crippen LogP contribution is -2.46. The molecule has 9 amide bonds. The normalized spacial score (nSPS) is 16.6. The first-order valence-electron chi connectivity index (χ1n) is 45.4. The monoisotopic (exact) mass is 2020 g/mol. The average molecular weight is 2020 g/mol. The van der Waals surface area contributed by atoms with Crippen LogP contribution >= 0.6 is 91.8 Å². The van der Waals surface area contributed by atoms with Gasteiger partial charge in [0, 0.05) is 46.2 Å². The highest BCUT2D eigenvalue weighted by molar-refractivity contribution is 7.20. The van der Waals surface area contributed by atoms with Crippen molar-refractivity contribution in [2.45, 2.75) is 295 Å². The van der Waals surface area contributed by atoms with Crippen LogP contribution in [0, 0.1) is 23.7 Å². The Morgan fingerprint density at radius 2 is 0.778 bits per heavy atom. The number of carboxylic acid groups (broad SMARTS) is 2. The van der Waals surface area contributed by atoms with Crippen molar-refractivity contribution in [3.8, 4) is 0 Å². The van der Waals surface area contributed by atoms with E-state index >= 15 is 0 Å². The van der Waals surface area contributed by atoms with Crippen LogP contribution in [-0.2, 0) is 28.7 Å². The smallest absolute Gasteiger partial charge is 0.408 e. The molecule has 5 aromatic heterocycles. The van der Waals surface area contributed by atoms with Gasteiger partial charge in [-0.05, 0) is 184 Å². The number of carbonyl (C=O) groups excluding carboxylic acids is 9. The molecule has 8 aromatic rings. The molecule has 734 valence electrons. The minimum absolute atomic E-state index is 0. The van der Waals surface area contributed by atoms with Crippen LogP contribution in [-0.4, -0.2) is 153 Å². The molecule has 7 aliphatic carbocycles. The number of carbonyl (C=O) groups is 11. The molecule has 42 heteroatoms. The highest BCUT2D eigenvalue weighted by Crippen LogP contribution is 2.36. The standard InChI is InChI=1S/C24H26ClN5O3S.C23H28ClN5O3S.C17H26ClN3O3S.C14H25NO4.C11H12N2O3.C3H3ClN2S.CH4/c25-20-12-26-24(34-20)29-22(32)19(10-14-4-2-1-3-5-14)30-13-27-18-11-15(6-9-17(18)23(30)33)21(31)28-16-7-8-16;24-19-12-26-23(33-19)29-22(32)18(10-13-4-2-1-3-5-13)28-21(31)16-9-6-14(11-17(16)25)20(30)27-15-7-8-15;1-17(2,3)24-16(23)20-12(9-11-7-5-4-6-8-11)14(22)21-15-19-10-13(18)25-15;1-14(2,3)19-13(18)15-11(12(16)17)9-10-7-5-4-6-8-10;12-9-5-6(1-4-8(9)11(15)16)10(14)13-7-2-3-7;4-2-1-6-3(5)7-2;/h6,9,11-14,16,19H,1-5,7-8,10H2,(H,28,31)(H,26,29,32);6,9,11-13,15,18H,1-5,7-8,10,25H2,(H,27,30)(H,28,31)(H,26,29,32);10-12H,4-9H2,1-3H3,(H,20,23)(H,19,21,22);10-11H,4-9H2,1-3H3,(H,15,18)(H,16,17);1,4-5,7H,2-3,12H2,(H,13,14)(H,15,16);1H,(H2,5,6);1H4. The minimum Gasteiger partial charge on any atom is -0.480 e. The van der Waals surface area contributed by atoms with Crippen molar-refractivity contribution in [2.24, 2.45) is 23.7 Å². The van der Waals surface area contributed by atoms with Crippen molar-refractivity contribution < 1.29 is 72.4 Å². The van der Waals surface area contributed by atoms with E-state index in [2.05, 4.69) is 72.8 Å². The lowest BCUT2D eigenvalue weighted by molar-refractivity contribution is -0.140. The van der Waals surface area contributed by atoms with Gasteiger partial charge in [0.1, 0.15) is 52.7 Å². The zero-order valence-electron chi connectivity index (χ0n) is 75.8. The Hall–Kier alpha value is -10.4. The summed E-state index contributed by atoms with van der Waals surface area (Å²) in [5.41, 5.74) is 17.6. The Balaban J connectivity index is 0.000000190. The number of aromatic carboxylic acids is 1. The summed E-state index contributed by atoms with van der Waals surface area (Å²) in [5.74, 6) is -2.48. The van der Waals surface area contributed by atoms with Crippen molar-refractivity contribution in [1.29, 1.82) is 0 Å². The molecular formula is C93H124Cl4N18O16S4. The van der Waals surface area contributed by atoms with Crippen molar-refractivity contribution in [3.05, 3.63) is 141 Å². The van der Waals surface area contributed by atoms with Gasteiger partial charge in [0.05, 0.1) is 53.1 Å². The molecule has 7 fully saturated rings. The Bertz CT molecular complexity index is 5400. The molecule has 0 radical (unpaired) electrons. The average Bonchev–Trinajstić information content (AvgIpc) is 1.73. The van der Waals surface area contributed by atoms with E-state index in [0.717, 1.165) is 140 Å². The number of rotatable bonds is 27. The molecule has 0 aliphatic heterocycles. The second-order valence-electron chi connectivity index (χ2n) is 36.5. The Kier molecular flexibility index (Phi) is 41.9. The second kappa shape index (κ2) is 52.3. The molecule has 34 nitrogen and oxygen atoms in total. The van der Waals surface area contributed by atoms with Crippen LogP contribution in [0.1, 0.15) is 299 Å². The van der Waals surface area contributed by atoms with E-state index in [4.69, 9.17) is 78.2 Å². The van der Waals surface area contributed by atoms with Gasteiger partial charge in [-0.25, -0.2) is 44.1 Å². The molecule has 4 atom stereocenters. The molecule has 17 N–H and O–H groups in total. The molecule has 3 aromatic carbocycles. The molecular weight excluding hydrogens is 1900 g/mol. The van der Waals surface area contributed by atoms with E-state index in [1.165, 1.54) is 139 Å². The predicted molar refractivity (Wildman–Crippen MR) is 531 cm³/mol. The SMILES string of the molecule is C.CC(C)(C)OC(=O)NC(CC1CCCCC1)C(=O)Nc1ncc(Cl)s1.CC(C)(C)OC(=O)NC(CC1CCCCC1)C(=O)O.Nc1cc(C(=O)NC2CC2)ccc1C(=O)NC(CC1CCCCC1)C(=O)Nc1ncc(Cl)s1.Nc1cc(C(=O)NC2CC2)ccc1C(=O)O.Nc1ncc(Cl)s1.O=C(NC1CC1)c1ccc2c(=O)n(C(CC3CCCCC3)C(=O)Nc3ncc(Cl)s3)cnc2c1. The van der Waals surface area contributed by atoms with Gasteiger partial charge >= 0.3 is 24.1 Å². The number of nitrogens with one attached hydrogen (secondary N) is 9. The summed E-state index contributed by atoms with van der Waals surface area (Å²) in [6.07, 6.45) is 36.9. The molecule has 7 saturated carbocycles. The number of aliphatic carboxylic acids is 1. The summed E-state index contributed by atoms with van der Waals surface area (Å²) in [7, 11) is 0. The lowest BCUT2D eigenvalue weighted by Gasteiger charge is -2.27. The zero-order valence-corrected chi connectivity index (χ0v) is 82.1. The number of alkyl carbamates (subject to hydrolysis) is 2. The first-order chi connectivity index (χ1) is 63.7. The van der Waals surface area contributed by atoms with Crippen LogP contribution < -0.4 is 70.6 Å². The number of fused-ring (bicyclic) bond motifs is 1. The maximum absolute atomic E-state index is 13.4. The van der Waals surface area contributed by atoms with Gasteiger partial charge in [0.2, 0.25) is 17.7 Å². The summed E-state index contributed by atoms with van der Waals surface area (Å²) < 4.78 is 13.9. The first kappa shape index (κ1) is 108.